The molecule has 0 fully saturated rings. The maximum absolute atomic E-state index is 8.46. The van der Waals surface area contributed by atoms with E-state index in [4.69, 9.17) is 15.7 Å². The van der Waals surface area contributed by atoms with Gasteiger partial charge in [0.25, 0.3) is 0 Å². The second kappa shape index (κ2) is 6.25. The van der Waals surface area contributed by atoms with Crippen LogP contribution in [-0.2, 0) is 0 Å². The van der Waals surface area contributed by atoms with Gasteiger partial charge in [0.15, 0.2) is 0 Å². The first-order valence-electron chi connectivity index (χ1n) is 4.04. The van der Waals surface area contributed by atoms with Crippen molar-refractivity contribution in [1.82, 2.24) is 0 Å². The number of hydrogen-bond donors (Lipinski definition) is 1. The van der Waals surface area contributed by atoms with Gasteiger partial charge in [-0.25, -0.2) is 0 Å². The van der Waals surface area contributed by atoms with E-state index in [2.05, 4.69) is 0 Å². The van der Waals surface area contributed by atoms with Crippen LogP contribution in [0.5, 0.6) is 5.75 Å². The first-order chi connectivity index (χ1) is 6.27. The average Bonchev–Trinajstić information content (AvgIpc) is 2.18. The van der Waals surface area contributed by atoms with Crippen molar-refractivity contribution in [2.45, 2.75) is 12.5 Å². The Bertz CT molecular complexity index is 322. The molecule has 2 N–H and O–H groups in total. The normalized spacial score (nSPS) is 10.9. The summed E-state index contributed by atoms with van der Waals surface area (Å²) in [6, 6.07) is 9.27. The first kappa shape index (κ1) is 12.8. The van der Waals surface area contributed by atoms with E-state index < -0.39 is 0 Å². The van der Waals surface area contributed by atoms with Gasteiger partial charge in [-0.15, -0.1) is 12.4 Å². The van der Waals surface area contributed by atoms with Gasteiger partial charge < -0.3 is 10.5 Å². The van der Waals surface area contributed by atoms with Crippen LogP contribution in [-0.4, -0.2) is 7.11 Å². The molecule has 3 nitrogen and oxygen atoms in total. The van der Waals surface area contributed by atoms with E-state index in [9.17, 15) is 0 Å². The molecule has 0 aromatic heterocycles. The number of nitriles is 1. The molecule has 0 saturated heterocycles. The molecular formula is C10H13ClN2O. The van der Waals surface area contributed by atoms with E-state index in [0.717, 1.165) is 11.3 Å². The van der Waals surface area contributed by atoms with Crippen LogP contribution in [0.3, 0.4) is 0 Å². The number of ether oxygens (including phenoxy) is 1. The maximum atomic E-state index is 8.46. The lowest BCUT2D eigenvalue weighted by molar-refractivity contribution is 0.414. The third-order valence-corrected chi connectivity index (χ3v) is 1.83. The molecule has 1 unspecified atom stereocenters. The van der Waals surface area contributed by atoms with Crippen LogP contribution in [0.4, 0.5) is 0 Å². The minimum Gasteiger partial charge on any atom is -0.497 e. The summed E-state index contributed by atoms with van der Waals surface area (Å²) in [6.45, 7) is 0. The molecule has 0 spiro atoms. The molecule has 1 rings (SSSR count). The fourth-order valence-electron chi connectivity index (χ4n) is 1.09. The molecule has 1 aromatic carbocycles. The van der Waals surface area contributed by atoms with Gasteiger partial charge in [0, 0.05) is 6.04 Å². The number of methoxy groups -OCH3 is 1. The van der Waals surface area contributed by atoms with Gasteiger partial charge in [0.2, 0.25) is 0 Å². The second-order valence-corrected chi connectivity index (χ2v) is 2.75. The number of rotatable bonds is 3. The van der Waals surface area contributed by atoms with Gasteiger partial charge in [-0.05, 0) is 17.7 Å². The van der Waals surface area contributed by atoms with Crippen molar-refractivity contribution in [3.05, 3.63) is 29.8 Å². The third-order valence-electron chi connectivity index (χ3n) is 1.83. The summed E-state index contributed by atoms with van der Waals surface area (Å²) < 4.78 is 5.04. The van der Waals surface area contributed by atoms with E-state index in [0.29, 0.717) is 6.42 Å². The predicted molar refractivity (Wildman–Crippen MR) is 57.4 cm³/mol. The number of halogens is 1. The fraction of sp³-hybridized carbons (Fsp3) is 0.300. The zero-order valence-electron chi connectivity index (χ0n) is 7.93. The van der Waals surface area contributed by atoms with E-state index >= 15 is 0 Å². The fourth-order valence-corrected chi connectivity index (χ4v) is 1.09. The number of hydrogen-bond acceptors (Lipinski definition) is 3. The van der Waals surface area contributed by atoms with Gasteiger partial charge >= 0.3 is 0 Å². The van der Waals surface area contributed by atoms with Crippen molar-refractivity contribution in [3.8, 4) is 11.8 Å². The monoisotopic (exact) mass is 212 g/mol. The zero-order valence-corrected chi connectivity index (χ0v) is 8.75. The lowest BCUT2D eigenvalue weighted by Crippen LogP contribution is -2.08. The van der Waals surface area contributed by atoms with Crippen LogP contribution >= 0.6 is 12.4 Å². The highest BCUT2D eigenvalue weighted by Gasteiger charge is 2.05. The molecule has 76 valence electrons. The van der Waals surface area contributed by atoms with Gasteiger partial charge in [-0.2, -0.15) is 5.26 Å². The van der Waals surface area contributed by atoms with Crippen LogP contribution in [0, 0.1) is 11.3 Å². The quantitative estimate of drug-likeness (QED) is 0.834. The summed E-state index contributed by atoms with van der Waals surface area (Å²) in [6.07, 6.45) is 0.327. The number of benzene rings is 1. The highest BCUT2D eigenvalue weighted by Crippen LogP contribution is 2.18. The van der Waals surface area contributed by atoms with E-state index in [-0.39, 0.29) is 18.4 Å². The van der Waals surface area contributed by atoms with Crippen molar-refractivity contribution in [3.63, 3.8) is 0 Å². The minimum absolute atomic E-state index is 0. The zero-order chi connectivity index (χ0) is 9.68. The molecule has 0 aliphatic carbocycles. The first-order valence-corrected chi connectivity index (χ1v) is 4.04. The summed E-state index contributed by atoms with van der Waals surface area (Å²) >= 11 is 0. The molecule has 0 bridgehead atoms. The summed E-state index contributed by atoms with van der Waals surface area (Å²) in [5.41, 5.74) is 6.68. The van der Waals surface area contributed by atoms with E-state index in [1.54, 1.807) is 7.11 Å². The molecule has 0 aliphatic rings. The molecule has 0 amide bonds. The summed E-state index contributed by atoms with van der Waals surface area (Å²) in [5, 5.41) is 8.46. The maximum Gasteiger partial charge on any atom is 0.119 e. The van der Waals surface area contributed by atoms with E-state index in [1.807, 2.05) is 30.3 Å². The van der Waals surface area contributed by atoms with Crippen molar-refractivity contribution < 1.29 is 4.74 Å². The molecule has 4 heteroatoms. The summed E-state index contributed by atoms with van der Waals surface area (Å²) in [7, 11) is 1.61. The van der Waals surface area contributed by atoms with Gasteiger partial charge in [-0.1, -0.05) is 12.1 Å². The lowest BCUT2D eigenvalue weighted by atomic mass is 10.1. The largest absolute Gasteiger partial charge is 0.497 e. The average molecular weight is 213 g/mol. The Hall–Kier alpha value is -1.24. The molecule has 14 heavy (non-hydrogen) atoms. The minimum atomic E-state index is -0.222. The van der Waals surface area contributed by atoms with E-state index in [1.165, 1.54) is 0 Å². The topological polar surface area (TPSA) is 59.0 Å². The molecule has 0 aliphatic heterocycles. The molecule has 0 saturated carbocycles. The Labute approximate surface area is 89.9 Å². The summed E-state index contributed by atoms with van der Waals surface area (Å²) in [5.74, 6) is 0.769. The molecule has 0 radical (unpaired) electrons. The van der Waals surface area contributed by atoms with Crippen LogP contribution in [0.15, 0.2) is 24.3 Å². The van der Waals surface area contributed by atoms with Crippen LogP contribution < -0.4 is 10.5 Å². The van der Waals surface area contributed by atoms with Gasteiger partial charge in [-0.3, -0.25) is 0 Å². The Morgan fingerprint density at radius 1 is 1.57 bits per heavy atom. The standard InChI is InChI=1S/C10H12N2O.ClH/c1-13-9-4-2-3-8(7-9)10(12)5-6-11;/h2-4,7,10H,5,12H2,1H3;1H. The van der Waals surface area contributed by atoms with Gasteiger partial charge in [0.1, 0.15) is 5.75 Å². The molecule has 1 aromatic rings. The molecule has 1 atom stereocenters. The Morgan fingerprint density at radius 3 is 2.86 bits per heavy atom. The van der Waals surface area contributed by atoms with Crippen LogP contribution in [0.25, 0.3) is 0 Å². The van der Waals surface area contributed by atoms with Crippen LogP contribution in [0.2, 0.25) is 0 Å². The number of nitrogens with two attached hydrogens (primary N) is 1. The van der Waals surface area contributed by atoms with Crippen LogP contribution in [0.1, 0.15) is 18.0 Å². The van der Waals surface area contributed by atoms with Crippen molar-refractivity contribution in [2.75, 3.05) is 7.11 Å². The highest BCUT2D eigenvalue weighted by atomic mass is 35.5. The SMILES string of the molecule is COc1cccc(C(N)CC#N)c1.Cl. The third kappa shape index (κ3) is 3.25. The Kier molecular flexibility index (Phi) is 5.70. The predicted octanol–water partition coefficient (Wildman–Crippen LogP) is 2.03. The summed E-state index contributed by atoms with van der Waals surface area (Å²) in [4.78, 5) is 0. The lowest BCUT2D eigenvalue weighted by Gasteiger charge is -2.08. The van der Waals surface area contributed by atoms with Gasteiger partial charge in [0.05, 0.1) is 19.6 Å². The van der Waals surface area contributed by atoms with Crippen molar-refractivity contribution >= 4 is 12.4 Å². The smallest absolute Gasteiger partial charge is 0.119 e. The molecular weight excluding hydrogens is 200 g/mol. The number of nitrogens with zero attached hydrogens (tertiary/aromatic N) is 1. The van der Waals surface area contributed by atoms with Crippen molar-refractivity contribution in [1.29, 1.82) is 5.26 Å². The highest BCUT2D eigenvalue weighted by molar-refractivity contribution is 5.85. The Balaban J connectivity index is 0.00000169. The van der Waals surface area contributed by atoms with Crippen molar-refractivity contribution in [2.24, 2.45) is 5.73 Å². The Morgan fingerprint density at radius 2 is 2.29 bits per heavy atom. The second-order valence-electron chi connectivity index (χ2n) is 2.75. The molecule has 0 heterocycles.